The van der Waals surface area contributed by atoms with Crippen LogP contribution in [0, 0.1) is 25.5 Å². The Labute approximate surface area is 183 Å². The van der Waals surface area contributed by atoms with Gasteiger partial charge in [0.05, 0.1) is 11.3 Å². The smallest absolute Gasteiger partial charge is 0.294 e. The topological polar surface area (TPSA) is 123 Å². The molecule has 170 valence electrons. The summed E-state index contributed by atoms with van der Waals surface area (Å²) in [6.07, 6.45) is 2.12. The quantitative estimate of drug-likeness (QED) is 0.465. The molecule has 32 heavy (non-hydrogen) atoms. The van der Waals surface area contributed by atoms with Gasteiger partial charge in [0.2, 0.25) is 5.91 Å². The molecule has 1 aromatic carbocycles. The van der Waals surface area contributed by atoms with Crippen LogP contribution in [0.4, 0.5) is 14.5 Å². The molecule has 0 spiro atoms. The van der Waals surface area contributed by atoms with Crippen LogP contribution in [0.5, 0.6) is 0 Å². The van der Waals surface area contributed by atoms with Crippen molar-refractivity contribution in [3.8, 4) is 0 Å². The molecule has 3 rings (SSSR count). The number of amides is 3. The van der Waals surface area contributed by atoms with Crippen molar-refractivity contribution in [1.82, 2.24) is 9.88 Å². The Morgan fingerprint density at radius 1 is 1.06 bits per heavy atom. The van der Waals surface area contributed by atoms with Crippen molar-refractivity contribution < 1.29 is 28.0 Å². The number of carbonyl (C=O) groups is 4. The van der Waals surface area contributed by atoms with Crippen LogP contribution in [0.3, 0.4) is 0 Å². The molecule has 1 fully saturated rings. The van der Waals surface area contributed by atoms with Crippen molar-refractivity contribution >= 4 is 29.2 Å². The van der Waals surface area contributed by atoms with Gasteiger partial charge < -0.3 is 20.9 Å². The van der Waals surface area contributed by atoms with E-state index in [9.17, 15) is 28.0 Å². The van der Waals surface area contributed by atoms with Crippen LogP contribution in [0.1, 0.15) is 57.8 Å². The maximum atomic E-state index is 13.5. The van der Waals surface area contributed by atoms with Gasteiger partial charge in [-0.25, -0.2) is 8.78 Å². The van der Waals surface area contributed by atoms with Gasteiger partial charge in [0, 0.05) is 24.5 Å². The van der Waals surface area contributed by atoms with E-state index in [1.165, 1.54) is 24.6 Å². The van der Waals surface area contributed by atoms with Crippen molar-refractivity contribution in [2.45, 2.75) is 45.1 Å². The van der Waals surface area contributed by atoms with Gasteiger partial charge in [-0.2, -0.15) is 0 Å². The number of aromatic nitrogens is 1. The second kappa shape index (κ2) is 8.52. The number of rotatable bonds is 6. The van der Waals surface area contributed by atoms with Gasteiger partial charge in [-0.3, -0.25) is 19.2 Å². The molecule has 4 N–H and O–H groups in total. The van der Waals surface area contributed by atoms with Gasteiger partial charge in [-0.1, -0.05) is 12.8 Å². The Hall–Kier alpha value is -3.56. The zero-order valence-corrected chi connectivity index (χ0v) is 18.0. The Morgan fingerprint density at radius 2 is 1.69 bits per heavy atom. The zero-order chi connectivity index (χ0) is 23.8. The third kappa shape index (κ3) is 4.00. The average molecular weight is 446 g/mol. The van der Waals surface area contributed by atoms with E-state index in [-0.39, 0.29) is 22.5 Å². The van der Waals surface area contributed by atoms with Crippen LogP contribution < -0.4 is 16.4 Å². The summed E-state index contributed by atoms with van der Waals surface area (Å²) in [5, 5.41) is 4.96. The molecule has 0 atom stereocenters. The molecule has 1 heterocycles. The predicted octanol–water partition coefficient (Wildman–Crippen LogP) is 2.27. The van der Waals surface area contributed by atoms with Gasteiger partial charge in [0.15, 0.2) is 11.6 Å². The fraction of sp³-hybridized carbons (Fsp3) is 0.364. The van der Waals surface area contributed by atoms with Gasteiger partial charge in [0.25, 0.3) is 17.6 Å². The average Bonchev–Trinajstić information content (AvgIpc) is 3.28. The molecular formula is C22H24F2N4O4. The maximum absolute atomic E-state index is 13.5. The summed E-state index contributed by atoms with van der Waals surface area (Å²) >= 11 is 0. The molecule has 1 aliphatic rings. The number of primary amides is 1. The molecule has 3 amide bonds. The standard InChI is InChI=1S/C22H24F2N4O4/c1-11-16(19(30)26-13-6-7-14(23)15(24)10-13)12(2)28(3)17(11)18(29)20(31)27-22(21(25)32)8-4-5-9-22/h6-7,10H,4-5,8-9H2,1-3H3,(H2,25,32)(H,26,30)(H,27,31). The summed E-state index contributed by atoms with van der Waals surface area (Å²) in [7, 11) is 1.52. The molecule has 8 nitrogen and oxygen atoms in total. The normalized spacial score (nSPS) is 14.8. The molecule has 1 aromatic heterocycles. The summed E-state index contributed by atoms with van der Waals surface area (Å²) in [5.74, 6) is -5.40. The molecule has 1 saturated carbocycles. The van der Waals surface area contributed by atoms with E-state index in [4.69, 9.17) is 5.73 Å². The highest BCUT2D eigenvalue weighted by Gasteiger charge is 2.42. The molecular weight excluding hydrogens is 422 g/mol. The molecule has 2 aromatic rings. The monoisotopic (exact) mass is 446 g/mol. The van der Waals surface area contributed by atoms with Crippen molar-refractivity contribution in [2.75, 3.05) is 5.32 Å². The summed E-state index contributed by atoms with van der Waals surface area (Å²) < 4.78 is 28.0. The summed E-state index contributed by atoms with van der Waals surface area (Å²) in [5.41, 5.74) is 4.98. The molecule has 0 bridgehead atoms. The number of nitrogens with zero attached hydrogens (tertiary/aromatic N) is 1. The number of nitrogens with two attached hydrogens (primary N) is 1. The zero-order valence-electron chi connectivity index (χ0n) is 18.0. The van der Waals surface area contributed by atoms with Crippen molar-refractivity contribution in [3.63, 3.8) is 0 Å². The van der Waals surface area contributed by atoms with Crippen LogP contribution in [-0.2, 0) is 16.6 Å². The second-order valence-electron chi connectivity index (χ2n) is 8.01. The minimum Gasteiger partial charge on any atom is -0.368 e. The van der Waals surface area contributed by atoms with Crippen LogP contribution in [0.15, 0.2) is 18.2 Å². The Balaban J connectivity index is 1.88. The highest BCUT2D eigenvalue weighted by Crippen LogP contribution is 2.30. The number of halogens is 2. The molecule has 0 saturated heterocycles. The third-order valence-electron chi connectivity index (χ3n) is 6.04. The highest BCUT2D eigenvalue weighted by atomic mass is 19.2. The number of nitrogens with one attached hydrogen (secondary N) is 2. The van der Waals surface area contributed by atoms with Gasteiger partial charge in [0.1, 0.15) is 5.54 Å². The Morgan fingerprint density at radius 3 is 2.25 bits per heavy atom. The number of ketones is 1. The fourth-order valence-electron chi connectivity index (χ4n) is 4.19. The minimum absolute atomic E-state index is 0.0203. The lowest BCUT2D eigenvalue weighted by Gasteiger charge is -2.26. The van der Waals surface area contributed by atoms with Crippen LogP contribution in [-0.4, -0.2) is 33.6 Å². The van der Waals surface area contributed by atoms with Gasteiger partial charge in [-0.15, -0.1) is 0 Å². The van der Waals surface area contributed by atoms with E-state index in [0.29, 0.717) is 31.4 Å². The third-order valence-corrected chi connectivity index (χ3v) is 6.04. The molecule has 1 aliphatic carbocycles. The first kappa shape index (κ1) is 23.1. The number of Topliss-reactive ketones (excluding diaryl/α,β-unsaturated/α-hetero) is 1. The molecule has 0 aliphatic heterocycles. The van der Waals surface area contributed by atoms with Crippen molar-refractivity contribution in [1.29, 1.82) is 0 Å². The van der Waals surface area contributed by atoms with E-state index in [1.807, 2.05) is 0 Å². The number of hydrogen-bond donors (Lipinski definition) is 3. The van der Waals surface area contributed by atoms with Crippen LogP contribution >= 0.6 is 0 Å². The lowest BCUT2D eigenvalue weighted by molar-refractivity contribution is -0.129. The first-order valence-electron chi connectivity index (χ1n) is 10.1. The van der Waals surface area contributed by atoms with E-state index in [0.717, 1.165) is 12.1 Å². The lowest BCUT2D eigenvalue weighted by Crippen LogP contribution is -2.57. The van der Waals surface area contributed by atoms with Gasteiger partial charge in [-0.05, 0) is 44.4 Å². The Kier molecular flexibility index (Phi) is 6.16. The van der Waals surface area contributed by atoms with Crippen LogP contribution in [0.25, 0.3) is 0 Å². The van der Waals surface area contributed by atoms with Gasteiger partial charge >= 0.3 is 0 Å². The van der Waals surface area contributed by atoms with E-state index < -0.39 is 40.7 Å². The minimum atomic E-state index is -1.26. The summed E-state index contributed by atoms with van der Waals surface area (Å²) in [6, 6.07) is 2.92. The number of anilines is 1. The van der Waals surface area contributed by atoms with Crippen molar-refractivity contribution in [3.05, 3.63) is 52.3 Å². The Bertz CT molecular complexity index is 1130. The summed E-state index contributed by atoms with van der Waals surface area (Å²) in [6.45, 7) is 3.09. The lowest BCUT2D eigenvalue weighted by atomic mass is 9.96. The fourth-order valence-corrected chi connectivity index (χ4v) is 4.19. The van der Waals surface area contributed by atoms with E-state index >= 15 is 0 Å². The van der Waals surface area contributed by atoms with E-state index in [2.05, 4.69) is 10.6 Å². The predicted molar refractivity (Wildman–Crippen MR) is 112 cm³/mol. The molecule has 10 heteroatoms. The number of hydrogen-bond acceptors (Lipinski definition) is 4. The summed E-state index contributed by atoms with van der Waals surface area (Å²) in [4.78, 5) is 50.4. The van der Waals surface area contributed by atoms with Crippen molar-refractivity contribution in [2.24, 2.45) is 12.8 Å². The first-order valence-corrected chi connectivity index (χ1v) is 10.1. The first-order chi connectivity index (χ1) is 15.0. The largest absolute Gasteiger partial charge is 0.368 e. The number of benzene rings is 1. The highest BCUT2D eigenvalue weighted by molar-refractivity contribution is 6.43. The van der Waals surface area contributed by atoms with E-state index in [1.54, 1.807) is 6.92 Å². The maximum Gasteiger partial charge on any atom is 0.294 e. The SMILES string of the molecule is Cc1c(C(=O)Nc2ccc(F)c(F)c2)c(C)n(C)c1C(=O)C(=O)NC1(C(N)=O)CCCC1. The second-order valence-corrected chi connectivity index (χ2v) is 8.01. The van der Waals surface area contributed by atoms with Crippen LogP contribution in [0.2, 0.25) is 0 Å². The molecule has 0 radical (unpaired) electrons. The molecule has 0 unspecified atom stereocenters. The number of carbonyl (C=O) groups excluding carboxylic acids is 4.